The van der Waals surface area contributed by atoms with Gasteiger partial charge in [-0.3, -0.25) is 4.55 Å². The molecule has 11 heteroatoms. The highest BCUT2D eigenvalue weighted by Crippen LogP contribution is 2.34. The van der Waals surface area contributed by atoms with Crippen molar-refractivity contribution in [2.75, 3.05) is 5.01 Å². The number of azo groups is 1. The van der Waals surface area contributed by atoms with E-state index in [0.717, 1.165) is 11.8 Å². The zero-order valence-electron chi connectivity index (χ0n) is 14.0. The maximum Gasteiger partial charge on any atom is 0.296 e. The first-order valence-corrected chi connectivity index (χ1v) is 9.90. The zero-order chi connectivity index (χ0) is 19.8. The molecule has 1 heterocycles. The summed E-state index contributed by atoms with van der Waals surface area (Å²) in [6.07, 6.45) is -0.567. The largest absolute Gasteiger partial charge is 0.307 e. The molecule has 0 saturated heterocycles. The van der Waals surface area contributed by atoms with E-state index in [2.05, 4.69) is 15.3 Å². The Hall–Kier alpha value is -2.04. The number of benzene rings is 2. The average molecular weight is 428 g/mol. The van der Waals surface area contributed by atoms with E-state index in [1.165, 1.54) is 6.07 Å². The smallest absolute Gasteiger partial charge is 0.296 e. The Morgan fingerprint density at radius 2 is 1.85 bits per heavy atom. The minimum atomic E-state index is -4.49. The lowest BCUT2D eigenvalue weighted by Gasteiger charge is -2.21. The normalized spacial score (nSPS) is 20.3. The van der Waals surface area contributed by atoms with Crippen LogP contribution in [-0.2, 0) is 10.1 Å². The van der Waals surface area contributed by atoms with Gasteiger partial charge in [-0.25, -0.2) is 5.01 Å². The van der Waals surface area contributed by atoms with Crippen LogP contribution in [0.25, 0.3) is 0 Å². The van der Waals surface area contributed by atoms with Gasteiger partial charge in [0.2, 0.25) is 0 Å². The van der Waals surface area contributed by atoms with Gasteiger partial charge in [0, 0.05) is 0 Å². The van der Waals surface area contributed by atoms with Gasteiger partial charge in [-0.15, -0.1) is 0 Å². The summed E-state index contributed by atoms with van der Waals surface area (Å²) >= 11 is 11.9. The zero-order valence-corrected chi connectivity index (χ0v) is 16.3. The van der Waals surface area contributed by atoms with Gasteiger partial charge >= 0.3 is 0 Å². The van der Waals surface area contributed by atoms with E-state index in [0.29, 0.717) is 5.71 Å². The molecular weight excluding hydrogens is 413 g/mol. The molecule has 1 aliphatic heterocycles. The number of rotatable bonds is 4. The number of nitrogens with two attached hydrogens (primary N) is 1. The fraction of sp³-hybridized carbons (Fsp3) is 0.188. The van der Waals surface area contributed by atoms with Crippen LogP contribution in [0.5, 0.6) is 0 Å². The molecule has 0 aromatic heterocycles. The molecule has 8 nitrogen and oxygen atoms in total. The summed E-state index contributed by atoms with van der Waals surface area (Å²) < 4.78 is 31.7. The Morgan fingerprint density at radius 1 is 1.19 bits per heavy atom. The van der Waals surface area contributed by atoms with Crippen molar-refractivity contribution in [1.29, 1.82) is 0 Å². The molecule has 2 atom stereocenters. The molecule has 0 spiro atoms. The first-order chi connectivity index (χ1) is 12.7. The van der Waals surface area contributed by atoms with Gasteiger partial charge in [0.1, 0.15) is 22.8 Å². The highest BCUT2D eigenvalue weighted by molar-refractivity contribution is 7.86. The van der Waals surface area contributed by atoms with E-state index in [4.69, 9.17) is 33.5 Å². The van der Waals surface area contributed by atoms with Crippen LogP contribution in [0, 0.1) is 0 Å². The summed E-state index contributed by atoms with van der Waals surface area (Å²) in [4.78, 5) is -0.501. The predicted molar refractivity (Wildman–Crippen MR) is 105 cm³/mol. The molecular formula is C16H15Cl2N5O3S. The van der Waals surface area contributed by atoms with E-state index in [-0.39, 0.29) is 15.7 Å². The van der Waals surface area contributed by atoms with E-state index in [9.17, 15) is 8.42 Å². The van der Waals surface area contributed by atoms with Crippen molar-refractivity contribution in [3.05, 3.63) is 52.5 Å². The highest BCUT2D eigenvalue weighted by atomic mass is 35.5. The molecule has 3 rings (SSSR count). The summed E-state index contributed by atoms with van der Waals surface area (Å²) in [5, 5.41) is 14.1. The van der Waals surface area contributed by atoms with Crippen molar-refractivity contribution in [2.24, 2.45) is 21.1 Å². The molecule has 3 N–H and O–H groups in total. The van der Waals surface area contributed by atoms with Crippen LogP contribution in [0.15, 0.2) is 62.7 Å². The number of para-hydroxylation sites is 1. The minimum Gasteiger partial charge on any atom is -0.307 e. The fourth-order valence-electron chi connectivity index (χ4n) is 2.56. The summed E-state index contributed by atoms with van der Waals surface area (Å²) in [6, 6.07) is 11.1. The van der Waals surface area contributed by atoms with Gasteiger partial charge in [-0.2, -0.15) is 23.7 Å². The lowest BCUT2D eigenvalue weighted by Crippen LogP contribution is -2.43. The third-order valence-electron chi connectivity index (χ3n) is 3.89. The molecule has 2 aromatic rings. The number of anilines is 1. The Morgan fingerprint density at radius 3 is 2.48 bits per heavy atom. The molecule has 0 fully saturated rings. The quantitative estimate of drug-likeness (QED) is 0.566. The van der Waals surface area contributed by atoms with Crippen molar-refractivity contribution in [3.63, 3.8) is 0 Å². The Kier molecular flexibility index (Phi) is 5.50. The maximum absolute atomic E-state index is 11.3. The van der Waals surface area contributed by atoms with Crippen LogP contribution in [0.3, 0.4) is 0 Å². The average Bonchev–Trinajstić information content (AvgIpc) is 2.89. The molecule has 0 saturated carbocycles. The van der Waals surface area contributed by atoms with Crippen LogP contribution < -0.4 is 10.7 Å². The topological polar surface area (TPSA) is 121 Å². The van der Waals surface area contributed by atoms with Crippen LogP contribution in [0.4, 0.5) is 11.4 Å². The molecule has 2 aromatic carbocycles. The molecule has 0 radical (unpaired) electrons. The summed E-state index contributed by atoms with van der Waals surface area (Å²) in [5.74, 6) is 0. The standard InChI is InChI=1S/C16H15Cl2N5O3S/c1-9-15(16(19)23(22-9)10-5-3-2-4-6-10)21-20-13-7-12(18)14(8-11(13)17)27(24,25)26/h2-8,15-16H,19H2,1H3,(H,24,25,26)/t15-,16-/m1/s1. The number of nitrogens with zero attached hydrogens (tertiary/aromatic N) is 4. The predicted octanol–water partition coefficient (Wildman–Crippen LogP) is 3.87. The highest BCUT2D eigenvalue weighted by Gasteiger charge is 2.33. The summed E-state index contributed by atoms with van der Waals surface area (Å²) in [7, 11) is -4.49. The Labute approximate surface area is 166 Å². The van der Waals surface area contributed by atoms with Gasteiger partial charge in [-0.05, 0) is 31.2 Å². The third kappa shape index (κ3) is 4.12. The number of hydrazone groups is 1. The van der Waals surface area contributed by atoms with E-state index in [1.807, 2.05) is 30.3 Å². The lowest BCUT2D eigenvalue weighted by atomic mass is 10.2. The van der Waals surface area contributed by atoms with Crippen LogP contribution in [-0.4, -0.2) is 30.9 Å². The summed E-state index contributed by atoms with van der Waals surface area (Å²) in [6.45, 7) is 1.78. The van der Waals surface area contributed by atoms with Crippen LogP contribution in [0.1, 0.15) is 6.92 Å². The number of halogens is 2. The van der Waals surface area contributed by atoms with Gasteiger partial charge in [0.25, 0.3) is 10.1 Å². The number of hydrogen-bond donors (Lipinski definition) is 2. The lowest BCUT2D eigenvalue weighted by molar-refractivity contribution is 0.483. The molecule has 0 bridgehead atoms. The maximum atomic E-state index is 11.3. The molecule has 142 valence electrons. The van der Waals surface area contributed by atoms with Crippen molar-refractivity contribution >= 4 is 50.4 Å². The van der Waals surface area contributed by atoms with E-state index in [1.54, 1.807) is 11.9 Å². The van der Waals surface area contributed by atoms with Gasteiger partial charge in [-0.1, -0.05) is 41.4 Å². The SMILES string of the molecule is CC1=NN(c2ccccc2)[C@@H](N)[C@@H]1N=Nc1cc(Cl)c(S(=O)(=O)O)cc1Cl. The third-order valence-corrected chi connectivity index (χ3v) is 5.51. The Bertz CT molecular complexity index is 1030. The fourth-order valence-corrected chi connectivity index (χ4v) is 3.84. The van der Waals surface area contributed by atoms with E-state index < -0.39 is 27.2 Å². The van der Waals surface area contributed by atoms with Crippen molar-refractivity contribution < 1.29 is 13.0 Å². The molecule has 0 amide bonds. The van der Waals surface area contributed by atoms with Gasteiger partial charge < -0.3 is 5.73 Å². The summed E-state index contributed by atoms with van der Waals surface area (Å²) in [5.41, 5.74) is 7.87. The van der Waals surface area contributed by atoms with Crippen LogP contribution >= 0.6 is 23.2 Å². The molecule has 0 aliphatic carbocycles. The number of hydrogen-bond acceptors (Lipinski definition) is 7. The van der Waals surface area contributed by atoms with Crippen molar-refractivity contribution in [3.8, 4) is 0 Å². The molecule has 27 heavy (non-hydrogen) atoms. The van der Waals surface area contributed by atoms with Crippen molar-refractivity contribution in [2.45, 2.75) is 24.0 Å². The minimum absolute atomic E-state index is 0.0307. The monoisotopic (exact) mass is 427 g/mol. The van der Waals surface area contributed by atoms with Gasteiger partial charge in [0.15, 0.2) is 0 Å². The second-order valence-electron chi connectivity index (χ2n) is 5.78. The van der Waals surface area contributed by atoms with Gasteiger partial charge in [0.05, 0.1) is 21.4 Å². The first kappa shape index (κ1) is 19.7. The second-order valence-corrected chi connectivity index (χ2v) is 7.99. The van der Waals surface area contributed by atoms with Crippen molar-refractivity contribution in [1.82, 2.24) is 0 Å². The second kappa shape index (κ2) is 7.53. The van der Waals surface area contributed by atoms with Crippen LogP contribution in [0.2, 0.25) is 10.0 Å². The first-order valence-electron chi connectivity index (χ1n) is 7.71. The molecule has 0 unspecified atom stereocenters. The Balaban J connectivity index is 1.87. The van der Waals surface area contributed by atoms with E-state index >= 15 is 0 Å². The molecule has 1 aliphatic rings.